The molecule has 7 heteroatoms. The SMILES string of the molecule is Cn1nc(-c2c(F)c(O)cc3c2OCO3)cc1N. The number of phenols is 1. The Labute approximate surface area is 101 Å². The fourth-order valence-corrected chi connectivity index (χ4v) is 1.84. The molecule has 0 spiro atoms. The first-order valence-corrected chi connectivity index (χ1v) is 5.19. The summed E-state index contributed by atoms with van der Waals surface area (Å²) >= 11 is 0. The number of aromatic hydroxyl groups is 1. The number of phenolic OH excluding ortho intramolecular Hbond substituents is 1. The van der Waals surface area contributed by atoms with Crippen molar-refractivity contribution in [3.63, 3.8) is 0 Å². The summed E-state index contributed by atoms with van der Waals surface area (Å²) in [7, 11) is 1.64. The number of hydrogen-bond donors (Lipinski definition) is 2. The molecule has 0 atom stereocenters. The van der Waals surface area contributed by atoms with E-state index in [-0.39, 0.29) is 29.5 Å². The summed E-state index contributed by atoms with van der Waals surface area (Å²) in [6.07, 6.45) is 0. The quantitative estimate of drug-likeness (QED) is 0.796. The van der Waals surface area contributed by atoms with Crippen LogP contribution in [0.2, 0.25) is 0 Å². The Morgan fingerprint density at radius 3 is 2.89 bits per heavy atom. The summed E-state index contributed by atoms with van der Waals surface area (Å²) in [5, 5.41) is 13.6. The van der Waals surface area contributed by atoms with Gasteiger partial charge in [0.15, 0.2) is 23.1 Å². The molecule has 0 bridgehead atoms. The van der Waals surface area contributed by atoms with E-state index in [1.54, 1.807) is 7.05 Å². The summed E-state index contributed by atoms with van der Waals surface area (Å²) in [4.78, 5) is 0. The number of nitrogens with two attached hydrogens (primary N) is 1. The lowest BCUT2D eigenvalue weighted by Crippen LogP contribution is -1.97. The maximum atomic E-state index is 14.0. The third-order valence-electron chi connectivity index (χ3n) is 2.75. The lowest BCUT2D eigenvalue weighted by Gasteiger charge is -2.06. The van der Waals surface area contributed by atoms with Gasteiger partial charge < -0.3 is 20.3 Å². The second-order valence-electron chi connectivity index (χ2n) is 3.90. The van der Waals surface area contributed by atoms with Gasteiger partial charge >= 0.3 is 0 Å². The molecule has 18 heavy (non-hydrogen) atoms. The van der Waals surface area contributed by atoms with Crippen molar-refractivity contribution < 1.29 is 19.0 Å². The molecule has 1 aliphatic heterocycles. The van der Waals surface area contributed by atoms with E-state index in [1.165, 1.54) is 16.8 Å². The minimum atomic E-state index is -0.808. The lowest BCUT2D eigenvalue weighted by atomic mass is 10.1. The highest BCUT2D eigenvalue weighted by atomic mass is 19.1. The van der Waals surface area contributed by atoms with Gasteiger partial charge in [-0.3, -0.25) is 4.68 Å². The van der Waals surface area contributed by atoms with Crippen LogP contribution < -0.4 is 15.2 Å². The monoisotopic (exact) mass is 251 g/mol. The molecule has 2 heterocycles. The Morgan fingerprint density at radius 1 is 1.44 bits per heavy atom. The number of hydrogen-bond acceptors (Lipinski definition) is 5. The number of benzene rings is 1. The van der Waals surface area contributed by atoms with Crippen LogP contribution in [0.5, 0.6) is 17.2 Å². The van der Waals surface area contributed by atoms with Gasteiger partial charge in [-0.25, -0.2) is 4.39 Å². The fraction of sp³-hybridized carbons (Fsp3) is 0.182. The minimum Gasteiger partial charge on any atom is -0.505 e. The zero-order chi connectivity index (χ0) is 12.9. The zero-order valence-electron chi connectivity index (χ0n) is 9.48. The number of halogens is 1. The molecule has 0 saturated carbocycles. The second kappa shape index (κ2) is 3.52. The Hall–Kier alpha value is -2.44. The molecule has 3 rings (SSSR count). The minimum absolute atomic E-state index is 0.0203. The summed E-state index contributed by atoms with van der Waals surface area (Å²) in [6.45, 7) is -0.0203. The predicted molar refractivity (Wildman–Crippen MR) is 60.8 cm³/mol. The van der Waals surface area contributed by atoms with E-state index in [1.807, 2.05) is 0 Å². The fourth-order valence-electron chi connectivity index (χ4n) is 1.84. The van der Waals surface area contributed by atoms with Gasteiger partial charge in [-0.05, 0) is 0 Å². The number of nitrogen functional groups attached to an aromatic ring is 1. The number of aryl methyl sites for hydroxylation is 1. The maximum Gasteiger partial charge on any atom is 0.231 e. The van der Waals surface area contributed by atoms with E-state index in [4.69, 9.17) is 15.2 Å². The van der Waals surface area contributed by atoms with E-state index in [0.717, 1.165) is 0 Å². The second-order valence-corrected chi connectivity index (χ2v) is 3.90. The summed E-state index contributed by atoms with van der Waals surface area (Å²) in [5.41, 5.74) is 5.99. The molecule has 2 aromatic rings. The highest BCUT2D eigenvalue weighted by molar-refractivity contribution is 5.76. The molecule has 0 saturated heterocycles. The van der Waals surface area contributed by atoms with Crippen LogP contribution >= 0.6 is 0 Å². The summed E-state index contributed by atoms with van der Waals surface area (Å²) in [6, 6.07) is 2.67. The van der Waals surface area contributed by atoms with Crippen molar-refractivity contribution in [2.24, 2.45) is 7.05 Å². The van der Waals surface area contributed by atoms with E-state index in [9.17, 15) is 9.50 Å². The van der Waals surface area contributed by atoms with Gasteiger partial charge in [0, 0.05) is 19.2 Å². The van der Waals surface area contributed by atoms with Gasteiger partial charge in [0.2, 0.25) is 6.79 Å². The van der Waals surface area contributed by atoms with Gasteiger partial charge in [0.25, 0.3) is 0 Å². The molecule has 94 valence electrons. The van der Waals surface area contributed by atoms with Crippen LogP contribution in [0.4, 0.5) is 10.2 Å². The number of fused-ring (bicyclic) bond motifs is 1. The Balaban J connectivity index is 2.28. The molecule has 1 aromatic carbocycles. The van der Waals surface area contributed by atoms with Gasteiger partial charge in [-0.2, -0.15) is 5.10 Å². The largest absolute Gasteiger partial charge is 0.505 e. The zero-order valence-corrected chi connectivity index (χ0v) is 9.48. The van der Waals surface area contributed by atoms with Gasteiger partial charge in [-0.15, -0.1) is 0 Å². The third kappa shape index (κ3) is 1.37. The van der Waals surface area contributed by atoms with E-state index in [0.29, 0.717) is 5.82 Å². The highest BCUT2D eigenvalue weighted by Crippen LogP contribution is 2.46. The molecular formula is C11H10FN3O3. The Kier molecular flexibility index (Phi) is 2.09. The summed E-state index contributed by atoms with van der Waals surface area (Å²) in [5.74, 6) is -0.437. The van der Waals surface area contributed by atoms with Crippen molar-refractivity contribution in [2.45, 2.75) is 0 Å². The Bertz CT molecular complexity index is 619. The normalized spacial score (nSPS) is 13.0. The van der Waals surface area contributed by atoms with E-state index < -0.39 is 11.6 Å². The number of aromatic nitrogens is 2. The molecule has 3 N–H and O–H groups in total. The van der Waals surface area contributed by atoms with Crippen LogP contribution in [0, 0.1) is 5.82 Å². The van der Waals surface area contributed by atoms with Crippen LogP contribution in [0.1, 0.15) is 0 Å². The van der Waals surface area contributed by atoms with E-state index in [2.05, 4.69) is 5.10 Å². The molecule has 0 aliphatic carbocycles. The van der Waals surface area contributed by atoms with Crippen LogP contribution in [-0.4, -0.2) is 21.7 Å². The van der Waals surface area contributed by atoms with Crippen molar-refractivity contribution >= 4 is 5.82 Å². The summed E-state index contributed by atoms with van der Waals surface area (Å²) < 4.78 is 25.7. The molecule has 6 nitrogen and oxygen atoms in total. The van der Waals surface area contributed by atoms with Crippen molar-refractivity contribution in [3.05, 3.63) is 17.9 Å². The van der Waals surface area contributed by atoms with Gasteiger partial charge in [0.05, 0.1) is 5.56 Å². The van der Waals surface area contributed by atoms with Gasteiger partial charge in [0.1, 0.15) is 11.5 Å². The van der Waals surface area contributed by atoms with Crippen LogP contribution in [0.3, 0.4) is 0 Å². The maximum absolute atomic E-state index is 14.0. The number of anilines is 1. The van der Waals surface area contributed by atoms with Crippen LogP contribution in [-0.2, 0) is 7.05 Å². The number of nitrogens with zero attached hydrogens (tertiary/aromatic N) is 2. The first kappa shape index (κ1) is 10.7. The number of ether oxygens (including phenoxy) is 2. The molecule has 0 fully saturated rings. The van der Waals surface area contributed by atoms with Crippen LogP contribution in [0.15, 0.2) is 12.1 Å². The third-order valence-corrected chi connectivity index (χ3v) is 2.75. The van der Waals surface area contributed by atoms with E-state index >= 15 is 0 Å². The number of rotatable bonds is 1. The molecular weight excluding hydrogens is 241 g/mol. The predicted octanol–water partition coefficient (Wildman–Crippen LogP) is 1.24. The average Bonchev–Trinajstić information content (AvgIpc) is 2.88. The first-order valence-electron chi connectivity index (χ1n) is 5.19. The smallest absolute Gasteiger partial charge is 0.231 e. The van der Waals surface area contributed by atoms with Crippen molar-refractivity contribution in [1.29, 1.82) is 0 Å². The molecule has 0 unspecified atom stereocenters. The van der Waals surface area contributed by atoms with Crippen LogP contribution in [0.25, 0.3) is 11.3 Å². The Morgan fingerprint density at radius 2 is 2.22 bits per heavy atom. The molecule has 1 aliphatic rings. The highest BCUT2D eigenvalue weighted by Gasteiger charge is 2.27. The molecule has 0 amide bonds. The average molecular weight is 251 g/mol. The molecule has 1 aromatic heterocycles. The van der Waals surface area contributed by atoms with Crippen molar-refractivity contribution in [2.75, 3.05) is 12.5 Å². The lowest BCUT2D eigenvalue weighted by molar-refractivity contribution is 0.174. The van der Waals surface area contributed by atoms with Crippen molar-refractivity contribution in [1.82, 2.24) is 9.78 Å². The first-order chi connectivity index (χ1) is 8.58. The van der Waals surface area contributed by atoms with Gasteiger partial charge in [-0.1, -0.05) is 0 Å². The standard InChI is InChI=1S/C11H10FN3O3/c1-15-8(13)2-5(14-15)9-10(12)6(16)3-7-11(9)18-4-17-7/h2-3,16H,4,13H2,1H3. The van der Waals surface area contributed by atoms with Crippen molar-refractivity contribution in [3.8, 4) is 28.5 Å². The molecule has 0 radical (unpaired) electrons. The topological polar surface area (TPSA) is 82.5 Å².